The zero-order valence-corrected chi connectivity index (χ0v) is 18.6. The van der Waals surface area contributed by atoms with Gasteiger partial charge in [0.1, 0.15) is 0 Å². The van der Waals surface area contributed by atoms with Gasteiger partial charge in [-0.2, -0.15) is 0 Å². The molecule has 2 fully saturated rings. The Morgan fingerprint density at radius 3 is 2.14 bits per heavy atom. The van der Waals surface area contributed by atoms with E-state index in [-0.39, 0.29) is 10.8 Å². The van der Waals surface area contributed by atoms with E-state index in [4.69, 9.17) is 0 Å². The van der Waals surface area contributed by atoms with Crippen molar-refractivity contribution >= 4 is 37.5 Å². The summed E-state index contributed by atoms with van der Waals surface area (Å²) in [6, 6.07) is 14.0. The Labute approximate surface area is 180 Å². The lowest BCUT2D eigenvalue weighted by atomic mass is 9.91. The standard InChI is InChI=1S/C22H25BrN2O3S/c23-17-8-12-20(13-9-17)29(27,28)25-19-10-6-16(7-11-19)22(14-15-22)21(26)24-18-4-2-1-3-5-18/h6-13,18,25H,1-5,14-15H2,(H,24,26). The van der Waals surface area contributed by atoms with Gasteiger partial charge < -0.3 is 5.32 Å². The molecule has 2 N–H and O–H groups in total. The molecule has 2 aromatic carbocycles. The Bertz CT molecular complexity index is 978. The third-order valence-electron chi connectivity index (χ3n) is 5.94. The van der Waals surface area contributed by atoms with E-state index < -0.39 is 15.4 Å². The Morgan fingerprint density at radius 1 is 0.931 bits per heavy atom. The second-order valence-electron chi connectivity index (χ2n) is 8.03. The summed E-state index contributed by atoms with van der Waals surface area (Å²) in [4.78, 5) is 13.1. The maximum absolute atomic E-state index is 12.9. The van der Waals surface area contributed by atoms with E-state index in [1.54, 1.807) is 36.4 Å². The van der Waals surface area contributed by atoms with Crippen LogP contribution in [-0.4, -0.2) is 20.4 Å². The van der Waals surface area contributed by atoms with Gasteiger partial charge in [-0.1, -0.05) is 47.3 Å². The number of nitrogens with one attached hydrogen (secondary N) is 2. The molecule has 7 heteroatoms. The molecular weight excluding hydrogens is 452 g/mol. The van der Waals surface area contributed by atoms with Crippen LogP contribution in [0.3, 0.4) is 0 Å². The molecular formula is C22H25BrN2O3S. The summed E-state index contributed by atoms with van der Waals surface area (Å²) in [5.41, 5.74) is 0.998. The van der Waals surface area contributed by atoms with E-state index in [1.165, 1.54) is 19.3 Å². The summed E-state index contributed by atoms with van der Waals surface area (Å²) in [7, 11) is -3.65. The molecule has 0 unspecified atom stereocenters. The average molecular weight is 477 g/mol. The van der Waals surface area contributed by atoms with Crippen LogP contribution in [0.5, 0.6) is 0 Å². The monoisotopic (exact) mass is 476 g/mol. The number of anilines is 1. The van der Waals surface area contributed by atoms with E-state index in [9.17, 15) is 13.2 Å². The third kappa shape index (κ3) is 4.51. The SMILES string of the molecule is O=C(NC1CCCCC1)C1(c2ccc(NS(=O)(=O)c3ccc(Br)cc3)cc2)CC1. The number of benzene rings is 2. The van der Waals surface area contributed by atoms with Crippen LogP contribution in [0.2, 0.25) is 0 Å². The van der Waals surface area contributed by atoms with Gasteiger partial charge in [0.05, 0.1) is 10.3 Å². The Balaban J connectivity index is 1.44. The van der Waals surface area contributed by atoms with Crippen LogP contribution in [0.25, 0.3) is 0 Å². The first-order valence-corrected chi connectivity index (χ1v) is 12.4. The molecule has 1 amide bonds. The fourth-order valence-electron chi connectivity index (χ4n) is 4.03. The number of halogens is 1. The molecule has 0 radical (unpaired) electrons. The summed E-state index contributed by atoms with van der Waals surface area (Å²) in [5, 5.41) is 3.24. The molecule has 2 aliphatic carbocycles. The smallest absolute Gasteiger partial charge is 0.261 e. The molecule has 5 nitrogen and oxygen atoms in total. The van der Waals surface area contributed by atoms with E-state index in [1.807, 2.05) is 12.1 Å². The Kier molecular flexibility index (Phi) is 5.71. The largest absolute Gasteiger partial charge is 0.353 e. The molecule has 4 rings (SSSR count). The second-order valence-corrected chi connectivity index (χ2v) is 10.6. The minimum atomic E-state index is -3.65. The van der Waals surface area contributed by atoms with Crippen LogP contribution >= 0.6 is 15.9 Å². The normalized spacial score (nSPS) is 18.8. The summed E-state index contributed by atoms with van der Waals surface area (Å²) >= 11 is 3.31. The maximum Gasteiger partial charge on any atom is 0.261 e. The third-order valence-corrected chi connectivity index (χ3v) is 7.86. The van der Waals surface area contributed by atoms with E-state index >= 15 is 0 Å². The molecule has 0 aromatic heterocycles. The van der Waals surface area contributed by atoms with Gasteiger partial charge in [-0.15, -0.1) is 0 Å². The topological polar surface area (TPSA) is 75.3 Å². The summed E-state index contributed by atoms with van der Waals surface area (Å²) < 4.78 is 28.5. The van der Waals surface area contributed by atoms with E-state index in [0.29, 0.717) is 11.7 Å². The summed E-state index contributed by atoms with van der Waals surface area (Å²) in [6.45, 7) is 0. The molecule has 2 saturated carbocycles. The fraction of sp³-hybridized carbons (Fsp3) is 0.409. The number of hydrogen-bond acceptors (Lipinski definition) is 3. The number of carbonyl (C=O) groups excluding carboxylic acids is 1. The van der Waals surface area contributed by atoms with Crippen molar-refractivity contribution in [1.82, 2.24) is 5.32 Å². The van der Waals surface area contributed by atoms with Gasteiger partial charge in [0, 0.05) is 16.2 Å². The van der Waals surface area contributed by atoms with Gasteiger partial charge in [-0.05, 0) is 67.6 Å². The molecule has 154 valence electrons. The zero-order chi connectivity index (χ0) is 20.5. The van der Waals surface area contributed by atoms with Crippen molar-refractivity contribution in [2.45, 2.75) is 61.3 Å². The van der Waals surface area contributed by atoms with Crippen LogP contribution in [0.1, 0.15) is 50.5 Å². The highest BCUT2D eigenvalue weighted by molar-refractivity contribution is 9.10. The maximum atomic E-state index is 12.9. The van der Waals surface area contributed by atoms with Crippen molar-refractivity contribution in [3.63, 3.8) is 0 Å². The van der Waals surface area contributed by atoms with Gasteiger partial charge in [-0.25, -0.2) is 8.42 Å². The van der Waals surface area contributed by atoms with Crippen molar-refractivity contribution in [3.05, 3.63) is 58.6 Å². The van der Waals surface area contributed by atoms with Crippen LogP contribution in [0.4, 0.5) is 5.69 Å². The summed E-state index contributed by atoms with van der Waals surface area (Å²) in [5.74, 6) is 0.118. The predicted molar refractivity (Wildman–Crippen MR) is 117 cm³/mol. The van der Waals surface area contributed by atoms with Crippen LogP contribution in [-0.2, 0) is 20.2 Å². The fourth-order valence-corrected chi connectivity index (χ4v) is 5.35. The Hall–Kier alpha value is -1.86. The quantitative estimate of drug-likeness (QED) is 0.632. The second kappa shape index (κ2) is 8.11. The van der Waals surface area contributed by atoms with Crippen LogP contribution in [0.15, 0.2) is 57.9 Å². The number of sulfonamides is 1. The first-order valence-electron chi connectivity index (χ1n) is 10.1. The lowest BCUT2D eigenvalue weighted by Gasteiger charge is -2.25. The summed E-state index contributed by atoms with van der Waals surface area (Å²) in [6.07, 6.45) is 7.45. The van der Waals surface area contributed by atoms with Crippen molar-refractivity contribution in [2.75, 3.05) is 4.72 Å². The van der Waals surface area contributed by atoms with Gasteiger partial charge in [0.15, 0.2) is 0 Å². The van der Waals surface area contributed by atoms with Gasteiger partial charge >= 0.3 is 0 Å². The van der Waals surface area contributed by atoms with Crippen molar-refractivity contribution in [1.29, 1.82) is 0 Å². The van der Waals surface area contributed by atoms with Gasteiger partial charge in [0.25, 0.3) is 10.0 Å². The van der Waals surface area contributed by atoms with Gasteiger partial charge in [0.2, 0.25) is 5.91 Å². The van der Waals surface area contributed by atoms with E-state index in [0.717, 1.165) is 35.7 Å². The zero-order valence-electron chi connectivity index (χ0n) is 16.2. The van der Waals surface area contributed by atoms with Gasteiger partial charge in [-0.3, -0.25) is 9.52 Å². The molecule has 0 bridgehead atoms. The molecule has 0 saturated heterocycles. The lowest BCUT2D eigenvalue weighted by molar-refractivity contribution is -0.124. The number of hydrogen-bond donors (Lipinski definition) is 2. The molecule has 29 heavy (non-hydrogen) atoms. The minimum absolute atomic E-state index is 0.118. The van der Waals surface area contributed by atoms with E-state index in [2.05, 4.69) is 26.0 Å². The lowest BCUT2D eigenvalue weighted by Crippen LogP contribution is -2.42. The van der Waals surface area contributed by atoms with Crippen molar-refractivity contribution < 1.29 is 13.2 Å². The Morgan fingerprint density at radius 2 is 1.55 bits per heavy atom. The first-order chi connectivity index (χ1) is 13.9. The average Bonchev–Trinajstić information content (AvgIpc) is 3.51. The first kappa shape index (κ1) is 20.4. The number of amides is 1. The molecule has 0 aliphatic heterocycles. The molecule has 2 aromatic rings. The van der Waals surface area contributed by atoms with Crippen molar-refractivity contribution in [2.24, 2.45) is 0 Å². The molecule has 0 atom stereocenters. The number of carbonyl (C=O) groups is 1. The van der Waals surface area contributed by atoms with Crippen molar-refractivity contribution in [3.8, 4) is 0 Å². The molecule has 0 heterocycles. The van der Waals surface area contributed by atoms with Crippen LogP contribution < -0.4 is 10.0 Å². The van der Waals surface area contributed by atoms with Crippen LogP contribution in [0, 0.1) is 0 Å². The minimum Gasteiger partial charge on any atom is -0.353 e. The highest BCUT2D eigenvalue weighted by Crippen LogP contribution is 2.48. The predicted octanol–water partition coefficient (Wildman–Crippen LogP) is 4.73. The molecule has 2 aliphatic rings. The molecule has 0 spiro atoms. The highest BCUT2D eigenvalue weighted by atomic mass is 79.9. The highest BCUT2D eigenvalue weighted by Gasteiger charge is 2.51. The number of rotatable bonds is 6.